The smallest absolute Gasteiger partial charge is 0.250 e. The summed E-state index contributed by atoms with van der Waals surface area (Å²) in [4.78, 5) is 21.1. The Bertz CT molecular complexity index is 1070. The molecule has 0 spiro atoms. The van der Waals surface area contributed by atoms with Gasteiger partial charge in [0.05, 0.1) is 24.8 Å². The first-order valence-electron chi connectivity index (χ1n) is 9.98. The number of aliphatic hydroxyl groups is 2. The van der Waals surface area contributed by atoms with Gasteiger partial charge in [-0.2, -0.15) is 4.98 Å². The molecule has 9 heteroatoms. The number of carbonyl (C=O) groups excluding carboxylic acids is 1. The SMILES string of the molecule is CC[C@@H](CO)Nc1ncc(C)c(-n2ccc(C(N)=O)c2[C@@H](CO)c2cccc(Cl)c2)n1. The second-order valence-electron chi connectivity index (χ2n) is 7.27. The van der Waals surface area contributed by atoms with Crippen LogP contribution in [0.5, 0.6) is 0 Å². The van der Waals surface area contributed by atoms with Crippen LogP contribution in [0.1, 0.15) is 46.4 Å². The van der Waals surface area contributed by atoms with Crippen molar-refractivity contribution in [3.63, 3.8) is 0 Å². The number of anilines is 1. The lowest BCUT2D eigenvalue weighted by molar-refractivity contribution is 0.0999. The summed E-state index contributed by atoms with van der Waals surface area (Å²) in [6.07, 6.45) is 4.06. The van der Waals surface area contributed by atoms with Crippen molar-refractivity contribution in [2.45, 2.75) is 32.2 Å². The minimum absolute atomic E-state index is 0.0506. The van der Waals surface area contributed by atoms with Crippen LogP contribution in [-0.2, 0) is 0 Å². The van der Waals surface area contributed by atoms with Crippen molar-refractivity contribution in [3.05, 3.63) is 70.1 Å². The number of aromatic nitrogens is 3. The van der Waals surface area contributed by atoms with E-state index in [2.05, 4.69) is 15.3 Å². The lowest BCUT2D eigenvalue weighted by Gasteiger charge is -2.21. The van der Waals surface area contributed by atoms with Crippen LogP contribution in [0.15, 0.2) is 42.7 Å². The molecule has 1 amide bonds. The summed E-state index contributed by atoms with van der Waals surface area (Å²) in [6, 6.07) is 8.54. The van der Waals surface area contributed by atoms with Crippen molar-refractivity contribution in [2.75, 3.05) is 18.5 Å². The number of benzene rings is 1. The second kappa shape index (κ2) is 9.91. The molecule has 0 aliphatic carbocycles. The van der Waals surface area contributed by atoms with Gasteiger partial charge in [0.25, 0.3) is 5.91 Å². The van der Waals surface area contributed by atoms with Gasteiger partial charge in [-0.1, -0.05) is 30.7 Å². The minimum Gasteiger partial charge on any atom is -0.395 e. The van der Waals surface area contributed by atoms with E-state index in [4.69, 9.17) is 17.3 Å². The Kier molecular flexibility index (Phi) is 7.27. The van der Waals surface area contributed by atoms with Gasteiger partial charge in [0, 0.05) is 34.6 Å². The quantitative estimate of drug-likeness (QED) is 0.402. The van der Waals surface area contributed by atoms with E-state index in [1.165, 1.54) is 0 Å². The average Bonchev–Trinajstić information content (AvgIpc) is 3.18. The minimum atomic E-state index is -0.606. The van der Waals surface area contributed by atoms with E-state index in [0.717, 1.165) is 11.1 Å². The Labute approximate surface area is 185 Å². The van der Waals surface area contributed by atoms with Gasteiger partial charge < -0.3 is 25.8 Å². The molecule has 0 bridgehead atoms. The predicted octanol–water partition coefficient (Wildman–Crippen LogP) is 2.64. The fraction of sp³-hybridized carbons (Fsp3) is 0.318. The van der Waals surface area contributed by atoms with E-state index >= 15 is 0 Å². The molecular weight excluding hydrogens is 418 g/mol. The van der Waals surface area contributed by atoms with Crippen LogP contribution in [0.2, 0.25) is 5.02 Å². The molecule has 164 valence electrons. The summed E-state index contributed by atoms with van der Waals surface area (Å²) >= 11 is 6.16. The molecule has 31 heavy (non-hydrogen) atoms. The molecule has 1 aromatic carbocycles. The molecule has 2 aromatic heterocycles. The number of halogens is 1. The lowest BCUT2D eigenvalue weighted by Crippen LogP contribution is -2.24. The molecule has 3 rings (SSSR count). The van der Waals surface area contributed by atoms with Crippen LogP contribution >= 0.6 is 11.6 Å². The lowest BCUT2D eigenvalue weighted by atomic mass is 9.93. The maximum absolute atomic E-state index is 12.2. The molecule has 0 aliphatic rings. The third-order valence-corrected chi connectivity index (χ3v) is 5.41. The van der Waals surface area contributed by atoms with Crippen LogP contribution in [0.3, 0.4) is 0 Å². The number of nitrogens with one attached hydrogen (secondary N) is 1. The van der Waals surface area contributed by atoms with Crippen LogP contribution in [-0.4, -0.2) is 49.9 Å². The zero-order chi connectivity index (χ0) is 22.5. The van der Waals surface area contributed by atoms with Crippen molar-refractivity contribution < 1.29 is 15.0 Å². The third kappa shape index (κ3) is 4.87. The number of rotatable bonds is 9. The van der Waals surface area contributed by atoms with Crippen molar-refractivity contribution in [2.24, 2.45) is 5.73 Å². The summed E-state index contributed by atoms with van der Waals surface area (Å²) in [6.45, 7) is 3.49. The van der Waals surface area contributed by atoms with E-state index in [1.54, 1.807) is 41.2 Å². The van der Waals surface area contributed by atoms with E-state index in [0.29, 0.717) is 28.9 Å². The Morgan fingerprint density at radius 2 is 2.06 bits per heavy atom. The molecule has 0 unspecified atom stereocenters. The topological polar surface area (TPSA) is 126 Å². The summed E-state index contributed by atoms with van der Waals surface area (Å²) in [5.74, 6) is -0.272. The van der Waals surface area contributed by atoms with Gasteiger partial charge in [-0.05, 0) is 37.1 Å². The van der Waals surface area contributed by atoms with Gasteiger partial charge in [0.15, 0.2) is 0 Å². The van der Waals surface area contributed by atoms with Crippen LogP contribution in [0.4, 0.5) is 5.95 Å². The summed E-state index contributed by atoms with van der Waals surface area (Å²) < 4.78 is 1.74. The van der Waals surface area contributed by atoms with E-state index in [1.807, 2.05) is 19.9 Å². The molecule has 3 aromatic rings. The molecular formula is C22H26ClN5O3. The van der Waals surface area contributed by atoms with Gasteiger partial charge in [-0.25, -0.2) is 4.98 Å². The molecule has 0 fully saturated rings. The zero-order valence-corrected chi connectivity index (χ0v) is 18.2. The first-order chi connectivity index (χ1) is 14.9. The highest BCUT2D eigenvalue weighted by atomic mass is 35.5. The average molecular weight is 444 g/mol. The van der Waals surface area contributed by atoms with Gasteiger partial charge in [-0.3, -0.25) is 4.79 Å². The maximum Gasteiger partial charge on any atom is 0.250 e. The highest BCUT2D eigenvalue weighted by Crippen LogP contribution is 2.32. The van der Waals surface area contributed by atoms with Crippen LogP contribution < -0.4 is 11.1 Å². The highest BCUT2D eigenvalue weighted by Gasteiger charge is 2.26. The Balaban J connectivity index is 2.16. The van der Waals surface area contributed by atoms with Crippen LogP contribution in [0.25, 0.3) is 5.82 Å². The van der Waals surface area contributed by atoms with Gasteiger partial charge in [-0.15, -0.1) is 0 Å². The number of hydrogen-bond donors (Lipinski definition) is 4. The van der Waals surface area contributed by atoms with Gasteiger partial charge in [0.1, 0.15) is 5.82 Å². The van der Waals surface area contributed by atoms with Crippen LogP contribution in [0, 0.1) is 6.92 Å². The molecule has 2 heterocycles. The summed E-state index contributed by atoms with van der Waals surface area (Å²) in [5, 5.41) is 23.3. The molecule has 0 saturated carbocycles. The normalized spacial score (nSPS) is 13.1. The maximum atomic E-state index is 12.2. The van der Waals surface area contributed by atoms with E-state index < -0.39 is 11.8 Å². The summed E-state index contributed by atoms with van der Waals surface area (Å²) in [5.41, 5.74) is 7.95. The first kappa shape index (κ1) is 22.7. The van der Waals surface area contributed by atoms with Crippen molar-refractivity contribution in [3.8, 4) is 5.82 Å². The molecule has 5 N–H and O–H groups in total. The number of hydrogen-bond acceptors (Lipinski definition) is 6. The molecule has 0 aliphatic heterocycles. The second-order valence-corrected chi connectivity index (χ2v) is 7.71. The fourth-order valence-corrected chi connectivity index (χ4v) is 3.67. The number of nitrogens with two attached hydrogens (primary N) is 1. The number of amides is 1. The monoisotopic (exact) mass is 443 g/mol. The molecule has 8 nitrogen and oxygen atoms in total. The fourth-order valence-electron chi connectivity index (χ4n) is 3.47. The van der Waals surface area contributed by atoms with Crippen molar-refractivity contribution in [1.29, 1.82) is 0 Å². The highest BCUT2D eigenvalue weighted by molar-refractivity contribution is 6.30. The first-order valence-corrected chi connectivity index (χ1v) is 10.4. The zero-order valence-electron chi connectivity index (χ0n) is 17.4. The molecule has 0 radical (unpaired) electrons. The number of nitrogens with zero attached hydrogens (tertiary/aromatic N) is 3. The number of aryl methyl sites for hydroxylation is 1. The van der Waals surface area contributed by atoms with Crippen molar-refractivity contribution >= 4 is 23.5 Å². The Morgan fingerprint density at radius 1 is 1.29 bits per heavy atom. The van der Waals surface area contributed by atoms with Gasteiger partial charge >= 0.3 is 0 Å². The third-order valence-electron chi connectivity index (χ3n) is 5.17. The molecule has 2 atom stereocenters. The van der Waals surface area contributed by atoms with E-state index in [9.17, 15) is 15.0 Å². The van der Waals surface area contributed by atoms with Crippen molar-refractivity contribution in [1.82, 2.24) is 14.5 Å². The Morgan fingerprint density at radius 3 is 2.68 bits per heavy atom. The standard InChI is InChI=1S/C22H26ClN5O3/c1-3-16(11-29)26-22-25-10-13(2)21(27-22)28-8-7-17(20(24)31)19(28)18(12-30)14-5-4-6-15(23)9-14/h4-10,16,18,29-30H,3,11-12H2,1-2H3,(H2,24,31)(H,25,26,27)/t16-,18-/m0/s1. The van der Waals surface area contributed by atoms with Gasteiger partial charge in [0.2, 0.25) is 5.95 Å². The number of aliphatic hydroxyl groups excluding tert-OH is 2. The number of primary amides is 1. The Hall–Kier alpha value is -2.94. The predicted molar refractivity (Wildman–Crippen MR) is 120 cm³/mol. The van der Waals surface area contributed by atoms with E-state index in [-0.39, 0.29) is 24.8 Å². The summed E-state index contributed by atoms with van der Waals surface area (Å²) in [7, 11) is 0. The molecule has 0 saturated heterocycles. The largest absolute Gasteiger partial charge is 0.395 e. The number of carbonyl (C=O) groups is 1.